The van der Waals surface area contributed by atoms with E-state index in [1.165, 1.54) is 17.7 Å². The number of nitrogens with one attached hydrogen (secondary N) is 2. The summed E-state index contributed by atoms with van der Waals surface area (Å²) in [7, 11) is 0. The van der Waals surface area contributed by atoms with Crippen LogP contribution in [0.3, 0.4) is 0 Å². The minimum Gasteiger partial charge on any atom is -0.387 e. The quantitative estimate of drug-likeness (QED) is 0.681. The van der Waals surface area contributed by atoms with Crippen LogP contribution in [0.1, 0.15) is 34.1 Å². The molecule has 0 saturated heterocycles. The van der Waals surface area contributed by atoms with Gasteiger partial charge in [-0.3, -0.25) is 0 Å². The highest BCUT2D eigenvalue weighted by atomic mass is 15.0. The summed E-state index contributed by atoms with van der Waals surface area (Å²) in [6.45, 7) is 11.0. The van der Waals surface area contributed by atoms with Gasteiger partial charge in [0.15, 0.2) is 0 Å². The lowest BCUT2D eigenvalue weighted by atomic mass is 10.0. The fourth-order valence-electron chi connectivity index (χ4n) is 1.67. The third-order valence-corrected chi connectivity index (χ3v) is 2.67. The van der Waals surface area contributed by atoms with E-state index in [9.17, 15) is 0 Å². The summed E-state index contributed by atoms with van der Waals surface area (Å²) in [6.07, 6.45) is 1.26. The zero-order valence-electron chi connectivity index (χ0n) is 9.28. The Morgan fingerprint density at radius 3 is 2.69 bits per heavy atom. The zero-order chi connectivity index (χ0) is 9.84. The molecule has 0 unspecified atom stereocenters. The second-order valence-corrected chi connectivity index (χ2v) is 4.49. The van der Waals surface area contributed by atoms with Crippen LogP contribution in [0.2, 0.25) is 0 Å². The van der Waals surface area contributed by atoms with Crippen molar-refractivity contribution in [2.24, 2.45) is 5.92 Å². The largest absolute Gasteiger partial charge is 0.387 e. The van der Waals surface area contributed by atoms with Crippen molar-refractivity contribution in [2.45, 2.75) is 40.2 Å². The topological polar surface area (TPSA) is 24.1 Å². The second-order valence-electron chi connectivity index (χ2n) is 4.49. The van der Waals surface area contributed by atoms with Crippen LogP contribution in [0.25, 0.3) is 0 Å². The van der Waals surface area contributed by atoms with Crippen LogP contribution in [-0.2, 0) is 0 Å². The van der Waals surface area contributed by atoms with E-state index in [2.05, 4.69) is 38.3 Å². The average molecular weight is 182 g/mol. The van der Waals surface area contributed by atoms with E-state index in [-0.39, 0.29) is 0 Å². The van der Waals surface area contributed by atoms with Gasteiger partial charge in [-0.2, -0.15) is 0 Å². The van der Waals surface area contributed by atoms with Gasteiger partial charge < -0.3 is 10.6 Å². The molecule has 76 valence electrons. The average Bonchev–Trinajstić information content (AvgIpc) is 2.19. The normalized spacial score (nSPS) is 24.5. The summed E-state index contributed by atoms with van der Waals surface area (Å²) in [5.74, 6) is 0.776. The molecular weight excluding hydrogens is 160 g/mol. The highest BCUT2D eigenvalue weighted by molar-refractivity contribution is 5.11. The molecule has 0 aromatic heterocycles. The van der Waals surface area contributed by atoms with Crippen molar-refractivity contribution in [1.82, 2.24) is 10.6 Å². The van der Waals surface area contributed by atoms with E-state index in [0.717, 1.165) is 19.0 Å². The van der Waals surface area contributed by atoms with E-state index in [1.54, 1.807) is 0 Å². The molecule has 1 rings (SSSR count). The lowest BCUT2D eigenvalue weighted by Crippen LogP contribution is -2.36. The molecule has 0 fully saturated rings. The van der Waals surface area contributed by atoms with Crippen molar-refractivity contribution in [2.75, 3.05) is 13.1 Å². The predicted octanol–water partition coefficient (Wildman–Crippen LogP) is 1.89. The Hall–Kier alpha value is -0.500. The number of rotatable bonds is 2. The maximum Gasteiger partial charge on any atom is 0.0298 e. The summed E-state index contributed by atoms with van der Waals surface area (Å²) in [6, 6.07) is 0.632. The van der Waals surface area contributed by atoms with Crippen LogP contribution in [0.4, 0.5) is 0 Å². The lowest BCUT2D eigenvalue weighted by Gasteiger charge is -2.18. The molecule has 2 N–H and O–H groups in total. The van der Waals surface area contributed by atoms with Crippen LogP contribution in [-0.4, -0.2) is 19.1 Å². The van der Waals surface area contributed by atoms with Crippen molar-refractivity contribution < 1.29 is 0 Å². The molecule has 0 aliphatic carbocycles. The molecule has 2 nitrogen and oxygen atoms in total. The van der Waals surface area contributed by atoms with Crippen molar-refractivity contribution in [3.05, 3.63) is 11.3 Å². The number of hydrogen-bond acceptors (Lipinski definition) is 2. The number of hydrogen-bond donors (Lipinski definition) is 2. The van der Waals surface area contributed by atoms with E-state index < -0.39 is 0 Å². The van der Waals surface area contributed by atoms with E-state index in [4.69, 9.17) is 0 Å². The molecule has 1 aliphatic heterocycles. The van der Waals surface area contributed by atoms with Gasteiger partial charge in [-0.25, -0.2) is 0 Å². The third-order valence-electron chi connectivity index (χ3n) is 2.67. The van der Waals surface area contributed by atoms with Crippen LogP contribution < -0.4 is 10.6 Å². The van der Waals surface area contributed by atoms with Crippen LogP contribution in [0.5, 0.6) is 0 Å². The van der Waals surface area contributed by atoms with Crippen molar-refractivity contribution in [3.63, 3.8) is 0 Å². The maximum atomic E-state index is 3.57. The van der Waals surface area contributed by atoms with Gasteiger partial charge in [-0.1, -0.05) is 13.8 Å². The summed E-state index contributed by atoms with van der Waals surface area (Å²) >= 11 is 0. The highest BCUT2D eigenvalue weighted by Gasteiger charge is 2.13. The van der Waals surface area contributed by atoms with Crippen molar-refractivity contribution in [3.8, 4) is 0 Å². The zero-order valence-corrected chi connectivity index (χ0v) is 9.28. The van der Waals surface area contributed by atoms with Crippen LogP contribution in [0, 0.1) is 5.92 Å². The van der Waals surface area contributed by atoms with Crippen LogP contribution >= 0.6 is 0 Å². The van der Waals surface area contributed by atoms with Gasteiger partial charge in [-0.15, -0.1) is 0 Å². The third kappa shape index (κ3) is 3.39. The summed E-state index contributed by atoms with van der Waals surface area (Å²) in [4.78, 5) is 0. The van der Waals surface area contributed by atoms with Gasteiger partial charge in [0, 0.05) is 24.8 Å². The maximum absolute atomic E-state index is 3.57. The first-order chi connectivity index (χ1) is 6.09. The summed E-state index contributed by atoms with van der Waals surface area (Å²) in [5.41, 5.74) is 2.78. The molecule has 0 spiro atoms. The Morgan fingerprint density at radius 1 is 1.38 bits per heavy atom. The summed E-state index contributed by atoms with van der Waals surface area (Å²) in [5, 5.41) is 7.04. The lowest BCUT2D eigenvalue weighted by molar-refractivity contribution is 0.428. The fourth-order valence-corrected chi connectivity index (χ4v) is 1.67. The Bertz CT molecular complexity index is 178. The molecule has 0 radical (unpaired) electrons. The Morgan fingerprint density at radius 2 is 2.08 bits per heavy atom. The van der Waals surface area contributed by atoms with Gasteiger partial charge >= 0.3 is 0 Å². The second kappa shape index (κ2) is 4.66. The molecule has 1 atom stereocenters. The monoisotopic (exact) mass is 182 g/mol. The minimum absolute atomic E-state index is 0.632. The highest BCUT2D eigenvalue weighted by Crippen LogP contribution is 2.09. The molecule has 13 heavy (non-hydrogen) atoms. The standard InChI is InChI=1S/C11H22N2/c1-8(2)5-11-7-12-10(4)9(3)6-13-11/h8,11-13H,5-7H2,1-4H3/t11-/m1/s1. The SMILES string of the molecule is CC1=C(C)NC[C@@H](CC(C)C)NC1. The molecule has 0 aromatic carbocycles. The van der Waals surface area contributed by atoms with E-state index in [1.807, 2.05) is 0 Å². The molecular formula is C11H22N2. The van der Waals surface area contributed by atoms with Gasteiger partial charge in [0.1, 0.15) is 0 Å². The molecule has 0 amide bonds. The Kier molecular flexibility index (Phi) is 3.79. The van der Waals surface area contributed by atoms with Crippen molar-refractivity contribution in [1.29, 1.82) is 0 Å². The minimum atomic E-state index is 0.632. The molecule has 1 aliphatic rings. The first-order valence-corrected chi connectivity index (χ1v) is 5.23. The predicted molar refractivity (Wildman–Crippen MR) is 57.6 cm³/mol. The molecule has 1 heterocycles. The Labute approximate surface area is 81.8 Å². The van der Waals surface area contributed by atoms with Crippen LogP contribution in [0.15, 0.2) is 11.3 Å². The molecule has 0 saturated carbocycles. The van der Waals surface area contributed by atoms with Crippen molar-refractivity contribution >= 4 is 0 Å². The smallest absolute Gasteiger partial charge is 0.0298 e. The Balaban J connectivity index is 2.42. The van der Waals surface area contributed by atoms with Gasteiger partial charge in [0.2, 0.25) is 0 Å². The first kappa shape index (κ1) is 10.6. The van der Waals surface area contributed by atoms with Gasteiger partial charge in [-0.05, 0) is 31.8 Å². The number of allylic oxidation sites excluding steroid dienone is 1. The van der Waals surface area contributed by atoms with Gasteiger partial charge in [0.05, 0.1) is 0 Å². The van der Waals surface area contributed by atoms with E-state index in [0.29, 0.717) is 6.04 Å². The first-order valence-electron chi connectivity index (χ1n) is 5.23. The molecule has 0 bridgehead atoms. The molecule has 0 aromatic rings. The fraction of sp³-hybridized carbons (Fsp3) is 0.818. The van der Waals surface area contributed by atoms with Gasteiger partial charge in [0.25, 0.3) is 0 Å². The molecule has 2 heteroatoms. The van der Waals surface area contributed by atoms with E-state index >= 15 is 0 Å². The summed E-state index contributed by atoms with van der Waals surface area (Å²) < 4.78 is 0.